The molecule has 0 spiro atoms. The Hall–Kier alpha value is -0.570. The van der Waals surface area contributed by atoms with Crippen LogP contribution in [0.4, 0.5) is 0 Å². The van der Waals surface area contributed by atoms with Gasteiger partial charge in [-0.1, -0.05) is 6.92 Å². The second kappa shape index (κ2) is 2.81. The summed E-state index contributed by atoms with van der Waals surface area (Å²) in [5.41, 5.74) is 0. The van der Waals surface area contributed by atoms with Gasteiger partial charge in [0, 0.05) is 5.92 Å². The second-order valence-electron chi connectivity index (χ2n) is 3.28. The fraction of sp³-hybridized carbons (Fsp3) is 0.875. The standard InChI is InChI=1S/C8H14O3/c1-4-6(3)11-8(10)5(2)7(4)9/h4-7,9H,1-3H3/t4-,5-,6+,7+/m1/s1. The molecule has 0 radical (unpaired) electrons. The summed E-state index contributed by atoms with van der Waals surface area (Å²) >= 11 is 0. The monoisotopic (exact) mass is 158 g/mol. The van der Waals surface area contributed by atoms with Crippen LogP contribution in [0.25, 0.3) is 0 Å². The van der Waals surface area contributed by atoms with Crippen molar-refractivity contribution in [1.29, 1.82) is 0 Å². The van der Waals surface area contributed by atoms with Gasteiger partial charge in [0.1, 0.15) is 6.10 Å². The first-order valence-corrected chi connectivity index (χ1v) is 3.92. The van der Waals surface area contributed by atoms with Gasteiger partial charge in [0.2, 0.25) is 0 Å². The van der Waals surface area contributed by atoms with Crippen molar-refractivity contribution in [2.45, 2.75) is 33.0 Å². The minimum Gasteiger partial charge on any atom is -0.462 e. The molecule has 1 saturated heterocycles. The maximum absolute atomic E-state index is 11.0. The maximum atomic E-state index is 11.0. The highest BCUT2D eigenvalue weighted by atomic mass is 16.5. The van der Waals surface area contributed by atoms with Gasteiger partial charge in [-0.3, -0.25) is 4.79 Å². The molecule has 0 aromatic rings. The van der Waals surface area contributed by atoms with Gasteiger partial charge in [0.25, 0.3) is 0 Å². The zero-order valence-corrected chi connectivity index (χ0v) is 7.07. The number of rotatable bonds is 0. The SMILES string of the molecule is C[C@H]1[C@H](O)[C@@H](C)C(=O)O[C@H]1C. The molecule has 1 heterocycles. The van der Waals surface area contributed by atoms with Gasteiger partial charge in [-0.25, -0.2) is 0 Å². The molecule has 1 aliphatic rings. The van der Waals surface area contributed by atoms with Crippen molar-refractivity contribution in [3.63, 3.8) is 0 Å². The third-order valence-electron chi connectivity index (χ3n) is 2.47. The van der Waals surface area contributed by atoms with Crippen LogP contribution in [0.2, 0.25) is 0 Å². The summed E-state index contributed by atoms with van der Waals surface area (Å²) in [7, 11) is 0. The van der Waals surface area contributed by atoms with E-state index in [2.05, 4.69) is 0 Å². The van der Waals surface area contributed by atoms with E-state index in [1.165, 1.54) is 0 Å². The van der Waals surface area contributed by atoms with E-state index in [-0.39, 0.29) is 23.9 Å². The molecule has 64 valence electrons. The van der Waals surface area contributed by atoms with Crippen LogP contribution in [-0.4, -0.2) is 23.3 Å². The average Bonchev–Trinajstić information content (AvgIpc) is 1.97. The number of carbonyl (C=O) groups is 1. The number of aliphatic hydroxyl groups is 1. The third-order valence-corrected chi connectivity index (χ3v) is 2.47. The highest BCUT2D eigenvalue weighted by Crippen LogP contribution is 2.25. The Morgan fingerprint density at radius 2 is 1.91 bits per heavy atom. The molecule has 0 amide bonds. The van der Waals surface area contributed by atoms with E-state index in [9.17, 15) is 9.90 Å². The minimum absolute atomic E-state index is 0.0442. The molecule has 0 aromatic carbocycles. The van der Waals surface area contributed by atoms with Crippen molar-refractivity contribution < 1.29 is 14.6 Å². The van der Waals surface area contributed by atoms with Gasteiger partial charge in [-0.05, 0) is 13.8 Å². The molecule has 0 unspecified atom stereocenters. The van der Waals surface area contributed by atoms with Crippen molar-refractivity contribution in [2.75, 3.05) is 0 Å². The van der Waals surface area contributed by atoms with E-state index in [4.69, 9.17) is 4.74 Å². The van der Waals surface area contributed by atoms with E-state index >= 15 is 0 Å². The van der Waals surface area contributed by atoms with E-state index < -0.39 is 6.10 Å². The number of aliphatic hydroxyl groups excluding tert-OH is 1. The first kappa shape index (κ1) is 8.53. The van der Waals surface area contributed by atoms with Crippen molar-refractivity contribution in [3.8, 4) is 0 Å². The molecule has 11 heavy (non-hydrogen) atoms. The summed E-state index contributed by atoms with van der Waals surface area (Å²) in [4.78, 5) is 11.0. The predicted octanol–water partition coefficient (Wildman–Crippen LogP) is 0.565. The number of carbonyl (C=O) groups excluding carboxylic acids is 1. The van der Waals surface area contributed by atoms with Crippen LogP contribution in [0.3, 0.4) is 0 Å². The molecule has 0 bridgehead atoms. The minimum atomic E-state index is -0.550. The maximum Gasteiger partial charge on any atom is 0.311 e. The van der Waals surface area contributed by atoms with Crippen LogP contribution in [-0.2, 0) is 9.53 Å². The fourth-order valence-electron chi connectivity index (χ4n) is 1.27. The molecule has 4 atom stereocenters. The van der Waals surface area contributed by atoms with Crippen molar-refractivity contribution >= 4 is 5.97 Å². The van der Waals surface area contributed by atoms with Crippen LogP contribution in [0, 0.1) is 11.8 Å². The normalized spacial score (nSPS) is 45.3. The van der Waals surface area contributed by atoms with Crippen LogP contribution in [0.5, 0.6) is 0 Å². The molecule has 1 fully saturated rings. The summed E-state index contributed by atoms with van der Waals surface area (Å²) in [6.07, 6.45) is -0.708. The van der Waals surface area contributed by atoms with Gasteiger partial charge in [-0.15, -0.1) is 0 Å². The Morgan fingerprint density at radius 1 is 1.36 bits per heavy atom. The molecule has 0 saturated carbocycles. The van der Waals surface area contributed by atoms with Crippen LogP contribution in [0.15, 0.2) is 0 Å². The number of cyclic esters (lactones) is 1. The molecule has 3 heteroatoms. The highest BCUT2D eigenvalue weighted by molar-refractivity contribution is 5.73. The number of hydrogen-bond donors (Lipinski definition) is 1. The molecular formula is C8H14O3. The quantitative estimate of drug-likeness (QED) is 0.524. The zero-order valence-electron chi connectivity index (χ0n) is 7.07. The summed E-state index contributed by atoms with van der Waals surface area (Å²) in [6.45, 7) is 5.38. The Balaban J connectivity index is 2.70. The summed E-state index contributed by atoms with van der Waals surface area (Å²) in [5, 5.41) is 9.49. The van der Waals surface area contributed by atoms with Crippen molar-refractivity contribution in [3.05, 3.63) is 0 Å². The number of esters is 1. The molecule has 1 rings (SSSR count). The zero-order chi connectivity index (χ0) is 8.59. The van der Waals surface area contributed by atoms with E-state index in [1.807, 2.05) is 6.92 Å². The molecule has 0 aliphatic carbocycles. The Bertz CT molecular complexity index is 167. The van der Waals surface area contributed by atoms with E-state index in [0.29, 0.717) is 0 Å². The van der Waals surface area contributed by atoms with E-state index in [0.717, 1.165) is 0 Å². The molecule has 0 aromatic heterocycles. The van der Waals surface area contributed by atoms with Gasteiger partial charge in [-0.2, -0.15) is 0 Å². The lowest BCUT2D eigenvalue weighted by Crippen LogP contribution is -2.45. The van der Waals surface area contributed by atoms with Crippen LogP contribution >= 0.6 is 0 Å². The first-order valence-electron chi connectivity index (χ1n) is 3.92. The summed E-state index contributed by atoms with van der Waals surface area (Å²) in [5.74, 6) is -0.619. The Morgan fingerprint density at radius 3 is 2.45 bits per heavy atom. The molecule has 3 nitrogen and oxygen atoms in total. The fourth-order valence-corrected chi connectivity index (χ4v) is 1.27. The van der Waals surface area contributed by atoms with Gasteiger partial charge in [0.05, 0.1) is 12.0 Å². The van der Waals surface area contributed by atoms with E-state index in [1.54, 1.807) is 13.8 Å². The summed E-state index contributed by atoms with van der Waals surface area (Å²) < 4.78 is 4.98. The largest absolute Gasteiger partial charge is 0.462 e. The lowest BCUT2D eigenvalue weighted by molar-refractivity contribution is -0.175. The number of hydrogen-bond acceptors (Lipinski definition) is 3. The first-order chi connectivity index (χ1) is 5.04. The topological polar surface area (TPSA) is 46.5 Å². The lowest BCUT2D eigenvalue weighted by atomic mass is 9.87. The Labute approximate surface area is 66.4 Å². The third kappa shape index (κ3) is 1.38. The Kier molecular flexibility index (Phi) is 2.18. The van der Waals surface area contributed by atoms with Gasteiger partial charge < -0.3 is 9.84 Å². The van der Waals surface area contributed by atoms with Gasteiger partial charge in [0.15, 0.2) is 0 Å². The molecule has 1 aliphatic heterocycles. The predicted molar refractivity (Wildman–Crippen MR) is 39.9 cm³/mol. The molecular weight excluding hydrogens is 144 g/mol. The smallest absolute Gasteiger partial charge is 0.311 e. The average molecular weight is 158 g/mol. The second-order valence-corrected chi connectivity index (χ2v) is 3.28. The summed E-state index contributed by atoms with van der Waals surface area (Å²) in [6, 6.07) is 0. The van der Waals surface area contributed by atoms with Crippen molar-refractivity contribution in [1.82, 2.24) is 0 Å². The van der Waals surface area contributed by atoms with Gasteiger partial charge >= 0.3 is 5.97 Å². The number of ether oxygens (including phenoxy) is 1. The van der Waals surface area contributed by atoms with Crippen LogP contribution in [0.1, 0.15) is 20.8 Å². The highest BCUT2D eigenvalue weighted by Gasteiger charge is 2.37. The lowest BCUT2D eigenvalue weighted by Gasteiger charge is -2.34. The van der Waals surface area contributed by atoms with Crippen molar-refractivity contribution in [2.24, 2.45) is 11.8 Å². The molecule has 1 N–H and O–H groups in total. The van der Waals surface area contributed by atoms with Crippen LogP contribution < -0.4 is 0 Å².